The maximum Gasteiger partial charge on any atom is 0.336 e. The molecule has 5 nitrogen and oxygen atoms in total. The van der Waals surface area contributed by atoms with Crippen LogP contribution in [-0.2, 0) is 14.3 Å². The van der Waals surface area contributed by atoms with E-state index in [4.69, 9.17) is 9.47 Å². The Labute approximate surface area is 168 Å². The Kier molecular flexibility index (Phi) is 4.29. The fourth-order valence-electron chi connectivity index (χ4n) is 7.28. The van der Waals surface area contributed by atoms with Crippen molar-refractivity contribution in [2.24, 2.45) is 22.7 Å². The second-order valence-electron chi connectivity index (χ2n) is 10.8. The van der Waals surface area contributed by atoms with Gasteiger partial charge in [-0.15, -0.1) is 0 Å². The first-order valence-electron chi connectivity index (χ1n) is 11.2. The van der Waals surface area contributed by atoms with Gasteiger partial charge in [-0.3, -0.25) is 0 Å². The molecule has 7 atom stereocenters. The van der Waals surface area contributed by atoms with Crippen molar-refractivity contribution in [3.63, 3.8) is 0 Å². The number of hydrogen-bond donors (Lipinski definition) is 2. The average molecular weight is 390 g/mol. The Morgan fingerprint density at radius 1 is 1.14 bits per heavy atom. The minimum atomic E-state index is -0.244. The van der Waals surface area contributed by atoms with E-state index in [0.717, 1.165) is 44.2 Å². The van der Waals surface area contributed by atoms with Crippen LogP contribution < -0.4 is 5.32 Å². The van der Waals surface area contributed by atoms with Gasteiger partial charge in [0.15, 0.2) is 0 Å². The maximum atomic E-state index is 12.1. The standard InChI is InChI=1S/C23H35NO4/c1-21-9-7-19(25)22(2,13-24-14-4-5-14)17(21)6-10-23(3)18(21)12-16(28-23)15-8-11-27-20(15)26/h8,14,16-19,24-25H,4-7,9-13H2,1-3H3/t16-,17-,18-,19+,21+,22-,23+/m0/s1. The van der Waals surface area contributed by atoms with Crippen LogP contribution >= 0.6 is 0 Å². The molecule has 2 aliphatic heterocycles. The predicted octanol–water partition coefficient (Wildman–Crippen LogP) is 2.96. The molecule has 0 aromatic carbocycles. The van der Waals surface area contributed by atoms with Crippen LogP contribution in [0.15, 0.2) is 11.6 Å². The molecule has 0 aromatic rings. The van der Waals surface area contributed by atoms with Gasteiger partial charge in [0.25, 0.3) is 0 Å². The van der Waals surface area contributed by atoms with Crippen molar-refractivity contribution in [2.45, 2.75) is 89.6 Å². The van der Waals surface area contributed by atoms with Crippen molar-refractivity contribution in [3.05, 3.63) is 11.6 Å². The van der Waals surface area contributed by atoms with Crippen molar-refractivity contribution >= 4 is 5.97 Å². The second-order valence-corrected chi connectivity index (χ2v) is 10.8. The number of hydrogen-bond acceptors (Lipinski definition) is 5. The van der Waals surface area contributed by atoms with Crippen LogP contribution in [0.5, 0.6) is 0 Å². The molecule has 0 bridgehead atoms. The molecule has 5 heteroatoms. The van der Waals surface area contributed by atoms with E-state index in [1.807, 2.05) is 6.08 Å². The Morgan fingerprint density at radius 2 is 1.93 bits per heavy atom. The Hall–Kier alpha value is -0.910. The Morgan fingerprint density at radius 3 is 2.61 bits per heavy atom. The molecule has 1 saturated heterocycles. The number of aliphatic hydroxyl groups excluding tert-OH is 1. The van der Waals surface area contributed by atoms with Crippen LogP contribution in [0, 0.1) is 22.7 Å². The van der Waals surface area contributed by atoms with Crippen molar-refractivity contribution in [1.29, 1.82) is 0 Å². The number of esters is 1. The van der Waals surface area contributed by atoms with Crippen LogP contribution in [0.3, 0.4) is 0 Å². The van der Waals surface area contributed by atoms with Crippen LogP contribution in [-0.4, -0.2) is 48.1 Å². The molecule has 0 amide bonds. The minimum absolute atomic E-state index is 0.0967. The number of rotatable bonds is 4. The summed E-state index contributed by atoms with van der Waals surface area (Å²) in [6.07, 6.45) is 8.95. The van der Waals surface area contributed by atoms with Gasteiger partial charge in [0, 0.05) is 18.0 Å². The van der Waals surface area contributed by atoms with E-state index in [1.165, 1.54) is 12.8 Å². The summed E-state index contributed by atoms with van der Waals surface area (Å²) in [5, 5.41) is 14.8. The topological polar surface area (TPSA) is 67.8 Å². The highest BCUT2D eigenvalue weighted by molar-refractivity contribution is 5.91. The molecule has 0 spiro atoms. The number of ether oxygens (including phenoxy) is 2. The zero-order chi connectivity index (χ0) is 19.7. The van der Waals surface area contributed by atoms with Gasteiger partial charge >= 0.3 is 5.97 Å². The van der Waals surface area contributed by atoms with Crippen molar-refractivity contribution in [2.75, 3.05) is 13.2 Å². The van der Waals surface area contributed by atoms with E-state index in [2.05, 4.69) is 26.1 Å². The maximum absolute atomic E-state index is 12.1. The second kappa shape index (κ2) is 6.29. The molecule has 3 aliphatic carbocycles. The molecule has 4 fully saturated rings. The highest BCUT2D eigenvalue weighted by Gasteiger charge is 2.65. The Balaban J connectivity index is 1.43. The molecular formula is C23H35NO4. The summed E-state index contributed by atoms with van der Waals surface area (Å²) in [6.45, 7) is 8.29. The summed E-state index contributed by atoms with van der Waals surface area (Å²) >= 11 is 0. The van der Waals surface area contributed by atoms with Crippen LogP contribution in [0.4, 0.5) is 0 Å². The summed E-state index contributed by atoms with van der Waals surface area (Å²) in [6, 6.07) is 0.658. The first kappa shape index (κ1) is 19.1. The summed E-state index contributed by atoms with van der Waals surface area (Å²) in [5.74, 6) is 0.678. The number of aliphatic hydroxyl groups is 1. The normalized spacial score (nSPS) is 50.7. The largest absolute Gasteiger partial charge is 0.458 e. The summed E-state index contributed by atoms with van der Waals surface area (Å²) in [7, 11) is 0. The molecule has 3 saturated carbocycles. The van der Waals surface area contributed by atoms with Gasteiger partial charge in [0.05, 0.1) is 23.4 Å². The van der Waals surface area contributed by atoms with E-state index in [1.54, 1.807) is 0 Å². The van der Waals surface area contributed by atoms with Gasteiger partial charge in [-0.2, -0.15) is 0 Å². The predicted molar refractivity (Wildman–Crippen MR) is 106 cm³/mol. The highest BCUT2D eigenvalue weighted by atomic mass is 16.5. The molecule has 156 valence electrons. The molecule has 0 aromatic heterocycles. The number of fused-ring (bicyclic) bond motifs is 3. The zero-order valence-corrected chi connectivity index (χ0v) is 17.5. The lowest BCUT2D eigenvalue weighted by Crippen LogP contribution is -2.62. The summed E-state index contributed by atoms with van der Waals surface area (Å²) < 4.78 is 11.7. The Bertz CT molecular complexity index is 703. The minimum Gasteiger partial charge on any atom is -0.458 e. The van der Waals surface area contributed by atoms with Gasteiger partial charge in [-0.25, -0.2) is 4.79 Å². The van der Waals surface area contributed by atoms with Gasteiger partial charge in [0.2, 0.25) is 0 Å². The zero-order valence-electron chi connectivity index (χ0n) is 17.5. The van der Waals surface area contributed by atoms with Gasteiger partial charge in [0.1, 0.15) is 6.61 Å². The summed E-state index contributed by atoms with van der Waals surface area (Å²) in [5.41, 5.74) is 0.571. The molecule has 28 heavy (non-hydrogen) atoms. The van der Waals surface area contributed by atoms with Gasteiger partial charge < -0.3 is 19.9 Å². The van der Waals surface area contributed by atoms with E-state index in [-0.39, 0.29) is 34.6 Å². The number of cyclic esters (lactones) is 1. The van der Waals surface area contributed by atoms with E-state index in [0.29, 0.717) is 24.5 Å². The quantitative estimate of drug-likeness (QED) is 0.724. The molecule has 5 rings (SSSR count). The van der Waals surface area contributed by atoms with Crippen molar-refractivity contribution in [1.82, 2.24) is 5.32 Å². The molecule has 2 heterocycles. The van der Waals surface area contributed by atoms with Gasteiger partial charge in [-0.05, 0) is 75.2 Å². The number of carbonyl (C=O) groups excluding carboxylic acids is 1. The molecule has 5 aliphatic rings. The fraction of sp³-hybridized carbons (Fsp3) is 0.870. The third kappa shape index (κ3) is 2.73. The van der Waals surface area contributed by atoms with Crippen LogP contribution in [0.2, 0.25) is 0 Å². The number of nitrogens with one attached hydrogen (secondary N) is 1. The first-order valence-corrected chi connectivity index (χ1v) is 11.2. The van der Waals surface area contributed by atoms with E-state index in [9.17, 15) is 9.90 Å². The highest BCUT2D eigenvalue weighted by Crippen LogP contribution is 2.66. The smallest absolute Gasteiger partial charge is 0.336 e. The fourth-order valence-corrected chi connectivity index (χ4v) is 7.28. The number of carbonyl (C=O) groups is 1. The summed E-state index contributed by atoms with van der Waals surface area (Å²) in [4.78, 5) is 12.1. The lowest BCUT2D eigenvalue weighted by atomic mass is 9.44. The lowest BCUT2D eigenvalue weighted by Gasteiger charge is -2.62. The van der Waals surface area contributed by atoms with Crippen molar-refractivity contribution in [3.8, 4) is 0 Å². The third-order valence-corrected chi connectivity index (χ3v) is 9.08. The SMILES string of the molecule is C[C@]1(CNC2CC2)[C@H]2CC[C@@]3(C)O[C@H](C4=CCOC4=O)C[C@H]3[C@]2(C)CC[C@H]1O. The lowest BCUT2D eigenvalue weighted by molar-refractivity contribution is -0.186. The van der Waals surface area contributed by atoms with E-state index < -0.39 is 0 Å². The van der Waals surface area contributed by atoms with Crippen LogP contribution in [0.1, 0.15) is 65.7 Å². The molecule has 2 N–H and O–H groups in total. The van der Waals surface area contributed by atoms with Crippen molar-refractivity contribution < 1.29 is 19.4 Å². The molecule has 0 unspecified atom stereocenters. The van der Waals surface area contributed by atoms with Gasteiger partial charge in [-0.1, -0.05) is 13.8 Å². The molecular weight excluding hydrogens is 354 g/mol. The average Bonchev–Trinajstić information content (AvgIpc) is 3.27. The third-order valence-electron chi connectivity index (χ3n) is 9.08. The first-order chi connectivity index (χ1) is 13.3. The van der Waals surface area contributed by atoms with Crippen LogP contribution in [0.25, 0.3) is 0 Å². The monoisotopic (exact) mass is 389 g/mol. The molecule has 0 radical (unpaired) electrons. The van der Waals surface area contributed by atoms with E-state index >= 15 is 0 Å².